The van der Waals surface area contributed by atoms with Crippen molar-refractivity contribution in [1.82, 2.24) is 4.98 Å². The van der Waals surface area contributed by atoms with E-state index in [1.807, 2.05) is 18.5 Å². The van der Waals surface area contributed by atoms with E-state index in [-0.39, 0.29) is 0 Å². The zero-order chi connectivity index (χ0) is 18.3. The molecule has 0 aromatic carbocycles. The minimum atomic E-state index is 0.843. The Bertz CT molecular complexity index is 553. The molecule has 0 amide bonds. The number of aromatic nitrogens is 2. The van der Waals surface area contributed by atoms with Gasteiger partial charge in [0.25, 0.3) is 0 Å². The largest absolute Gasteiger partial charge is 0.264 e. The van der Waals surface area contributed by atoms with Crippen molar-refractivity contribution < 1.29 is 4.57 Å². The molecule has 0 saturated carbocycles. The maximum atomic E-state index is 4.18. The molecule has 2 rings (SSSR count). The first-order valence-corrected chi connectivity index (χ1v) is 10.7. The lowest BCUT2D eigenvalue weighted by Gasteiger charge is -2.09. The highest BCUT2D eigenvalue weighted by Gasteiger charge is 2.06. The van der Waals surface area contributed by atoms with Gasteiger partial charge in [-0.05, 0) is 30.4 Å². The van der Waals surface area contributed by atoms with Crippen LogP contribution < -0.4 is 4.57 Å². The molecule has 0 saturated heterocycles. The summed E-state index contributed by atoms with van der Waals surface area (Å²) in [7, 11) is 0. The number of hydrogen-bond acceptors (Lipinski definition) is 1. The van der Waals surface area contributed by atoms with Gasteiger partial charge in [0.2, 0.25) is 0 Å². The molecule has 2 nitrogen and oxygen atoms in total. The van der Waals surface area contributed by atoms with Crippen LogP contribution in [-0.2, 0) is 13.0 Å². The number of aryl methyl sites for hydroxylation is 2. The second-order valence-corrected chi connectivity index (χ2v) is 7.74. The van der Waals surface area contributed by atoms with Gasteiger partial charge < -0.3 is 0 Å². The molecule has 2 aromatic heterocycles. The van der Waals surface area contributed by atoms with Crippen molar-refractivity contribution in [2.24, 2.45) is 5.92 Å². The Morgan fingerprint density at radius 2 is 1.50 bits per heavy atom. The van der Waals surface area contributed by atoms with Crippen LogP contribution in [-0.4, -0.2) is 4.98 Å². The van der Waals surface area contributed by atoms with Crippen LogP contribution in [0.4, 0.5) is 0 Å². The predicted molar refractivity (Wildman–Crippen MR) is 110 cm³/mol. The highest BCUT2D eigenvalue weighted by atomic mass is 14.9. The summed E-state index contributed by atoms with van der Waals surface area (Å²) in [4.78, 5) is 4.18. The first-order valence-electron chi connectivity index (χ1n) is 10.7. The summed E-state index contributed by atoms with van der Waals surface area (Å²) in [5.74, 6) is 0.843. The Hall–Kier alpha value is -1.70. The minimum absolute atomic E-state index is 0.843. The quantitative estimate of drug-likeness (QED) is 0.294. The first kappa shape index (κ1) is 20.6. The van der Waals surface area contributed by atoms with E-state index in [4.69, 9.17) is 0 Å². The van der Waals surface area contributed by atoms with E-state index in [9.17, 15) is 0 Å². The van der Waals surface area contributed by atoms with Gasteiger partial charge in [-0.2, -0.15) is 0 Å². The third-order valence-corrected chi connectivity index (χ3v) is 5.29. The van der Waals surface area contributed by atoms with Crippen LogP contribution in [0.2, 0.25) is 0 Å². The highest BCUT2D eigenvalue weighted by molar-refractivity contribution is 5.08. The van der Waals surface area contributed by atoms with Crippen LogP contribution in [0.1, 0.15) is 76.7 Å². The molecule has 0 aliphatic carbocycles. The lowest BCUT2D eigenvalue weighted by molar-refractivity contribution is -0.698. The van der Waals surface area contributed by atoms with Crippen molar-refractivity contribution in [3.05, 3.63) is 60.7 Å². The third-order valence-electron chi connectivity index (χ3n) is 5.29. The number of hydrogen-bond donors (Lipinski definition) is 0. The molecule has 0 radical (unpaired) electrons. The van der Waals surface area contributed by atoms with Gasteiger partial charge in [0.05, 0.1) is 0 Å². The zero-order valence-electron chi connectivity index (χ0n) is 16.7. The van der Waals surface area contributed by atoms with Gasteiger partial charge in [-0.25, -0.2) is 4.57 Å². The van der Waals surface area contributed by atoms with E-state index in [1.165, 1.54) is 76.2 Å². The molecule has 1 atom stereocenters. The minimum Gasteiger partial charge on any atom is -0.264 e. The van der Waals surface area contributed by atoms with Crippen molar-refractivity contribution in [2.45, 2.75) is 84.1 Å². The molecule has 0 bridgehead atoms. The van der Waals surface area contributed by atoms with Crippen molar-refractivity contribution in [2.75, 3.05) is 0 Å². The fourth-order valence-electron chi connectivity index (χ4n) is 3.53. The summed E-state index contributed by atoms with van der Waals surface area (Å²) in [6, 6.07) is 10.5. The predicted octanol–water partition coefficient (Wildman–Crippen LogP) is 6.15. The lowest BCUT2D eigenvalue weighted by Crippen LogP contribution is -2.33. The summed E-state index contributed by atoms with van der Waals surface area (Å²) < 4.78 is 2.30. The molecular weight excluding hydrogens is 316 g/mol. The van der Waals surface area contributed by atoms with E-state index >= 15 is 0 Å². The van der Waals surface area contributed by atoms with E-state index < -0.39 is 0 Å². The fraction of sp³-hybridized carbons (Fsp3) is 0.583. The van der Waals surface area contributed by atoms with Crippen molar-refractivity contribution in [3.8, 4) is 0 Å². The van der Waals surface area contributed by atoms with E-state index in [0.29, 0.717) is 0 Å². The average Bonchev–Trinajstić information content (AvgIpc) is 2.69. The average molecular weight is 354 g/mol. The number of rotatable bonds is 14. The molecule has 142 valence electrons. The zero-order valence-corrected chi connectivity index (χ0v) is 16.7. The molecule has 0 aliphatic rings. The fourth-order valence-corrected chi connectivity index (χ4v) is 3.53. The monoisotopic (exact) mass is 353 g/mol. The lowest BCUT2D eigenvalue weighted by atomic mass is 9.98. The molecule has 1 unspecified atom stereocenters. The first-order chi connectivity index (χ1) is 12.8. The van der Waals surface area contributed by atoms with Crippen molar-refractivity contribution in [3.63, 3.8) is 0 Å². The standard InChI is InChI=1S/C24H37N2/c1-23(17-21-26-19-11-8-12-20-26)14-9-6-4-2-3-5-7-10-15-24-16-13-18-25-22-24/h8,11-13,16,18-20,22-23H,2-7,9-10,14-15,17,21H2,1H3/q+1. The molecule has 2 heterocycles. The van der Waals surface area contributed by atoms with Crippen LogP contribution >= 0.6 is 0 Å². The number of unbranched alkanes of at least 4 members (excludes halogenated alkanes) is 7. The Labute approximate surface area is 160 Å². The summed E-state index contributed by atoms with van der Waals surface area (Å²) in [5, 5.41) is 0. The smallest absolute Gasteiger partial charge is 0.168 e. The van der Waals surface area contributed by atoms with Crippen molar-refractivity contribution in [1.29, 1.82) is 0 Å². The SMILES string of the molecule is CC(CCCCCCCCCCc1cccnc1)CC[n+]1ccccc1. The molecule has 2 heteroatoms. The van der Waals surface area contributed by atoms with Gasteiger partial charge >= 0.3 is 0 Å². The van der Waals surface area contributed by atoms with E-state index in [1.54, 1.807) is 0 Å². The van der Waals surface area contributed by atoms with Crippen molar-refractivity contribution >= 4 is 0 Å². The van der Waals surface area contributed by atoms with Gasteiger partial charge in [0, 0.05) is 30.9 Å². The van der Waals surface area contributed by atoms with Gasteiger partial charge in [-0.1, -0.05) is 70.4 Å². The van der Waals surface area contributed by atoms with Crippen LogP contribution in [0.3, 0.4) is 0 Å². The topological polar surface area (TPSA) is 16.8 Å². The van der Waals surface area contributed by atoms with Crippen LogP contribution in [0.25, 0.3) is 0 Å². The van der Waals surface area contributed by atoms with Gasteiger partial charge in [0.15, 0.2) is 12.4 Å². The molecule has 0 aliphatic heterocycles. The summed E-state index contributed by atoms with van der Waals surface area (Å²) in [6.45, 7) is 3.56. The second-order valence-electron chi connectivity index (χ2n) is 7.74. The Balaban J connectivity index is 1.35. The van der Waals surface area contributed by atoms with Crippen LogP contribution in [0.15, 0.2) is 55.1 Å². The Morgan fingerprint density at radius 3 is 2.19 bits per heavy atom. The molecular formula is C24H37N2+. The summed E-state index contributed by atoms with van der Waals surface area (Å²) in [6.07, 6.45) is 23.2. The molecule has 0 spiro atoms. The summed E-state index contributed by atoms with van der Waals surface area (Å²) >= 11 is 0. The Morgan fingerprint density at radius 1 is 0.808 bits per heavy atom. The number of pyridine rings is 2. The maximum Gasteiger partial charge on any atom is 0.168 e. The molecule has 0 N–H and O–H groups in total. The van der Waals surface area contributed by atoms with Gasteiger partial charge in [0.1, 0.15) is 6.54 Å². The van der Waals surface area contributed by atoms with Crippen LogP contribution in [0, 0.1) is 5.92 Å². The summed E-state index contributed by atoms with van der Waals surface area (Å²) in [5.41, 5.74) is 1.38. The molecule has 2 aromatic rings. The van der Waals surface area contributed by atoms with Gasteiger partial charge in [-0.3, -0.25) is 4.98 Å². The van der Waals surface area contributed by atoms with Gasteiger partial charge in [-0.15, -0.1) is 0 Å². The van der Waals surface area contributed by atoms with E-state index in [2.05, 4.69) is 53.1 Å². The normalized spacial score (nSPS) is 12.2. The number of nitrogens with zero attached hydrogens (tertiary/aromatic N) is 2. The Kier molecular flexibility index (Phi) is 10.7. The van der Waals surface area contributed by atoms with Crippen LogP contribution in [0.5, 0.6) is 0 Å². The third kappa shape index (κ3) is 9.70. The maximum absolute atomic E-state index is 4.18. The molecule has 26 heavy (non-hydrogen) atoms. The van der Waals surface area contributed by atoms with E-state index in [0.717, 1.165) is 12.5 Å². The second kappa shape index (κ2) is 13.5. The highest BCUT2D eigenvalue weighted by Crippen LogP contribution is 2.15. The molecule has 0 fully saturated rings.